The molecule has 0 bridgehead atoms. The SMILES string of the molecule is CN(C)S(=O)(=O)n1c(CCNC(=O)OC(C)(C)C)cc2cnc(Br)cc21. The highest BCUT2D eigenvalue weighted by atomic mass is 79.9. The molecule has 10 heteroatoms. The van der Waals surface area contributed by atoms with Crippen LogP contribution in [0, 0.1) is 0 Å². The van der Waals surface area contributed by atoms with E-state index in [4.69, 9.17) is 4.74 Å². The Morgan fingerprint density at radius 1 is 1.35 bits per heavy atom. The summed E-state index contributed by atoms with van der Waals surface area (Å²) >= 11 is 3.27. The van der Waals surface area contributed by atoms with Gasteiger partial charge in [0, 0.05) is 44.3 Å². The normalized spacial score (nSPS) is 12.6. The second kappa shape index (κ2) is 7.53. The number of hydrogen-bond acceptors (Lipinski definition) is 5. The molecule has 0 aliphatic rings. The number of aromatic nitrogens is 2. The van der Waals surface area contributed by atoms with Crippen LogP contribution in [0.1, 0.15) is 26.5 Å². The second-order valence-corrected chi connectivity index (χ2v) is 9.74. The smallest absolute Gasteiger partial charge is 0.407 e. The van der Waals surface area contributed by atoms with Crippen LogP contribution in [0.5, 0.6) is 0 Å². The quantitative estimate of drug-likeness (QED) is 0.711. The summed E-state index contributed by atoms with van der Waals surface area (Å²) in [5.41, 5.74) is 0.475. The minimum atomic E-state index is -3.73. The van der Waals surface area contributed by atoms with Crippen LogP contribution in [0.3, 0.4) is 0 Å². The summed E-state index contributed by atoms with van der Waals surface area (Å²) < 4.78 is 33.7. The number of carbonyl (C=O) groups is 1. The minimum Gasteiger partial charge on any atom is -0.444 e. The van der Waals surface area contributed by atoms with Crippen molar-refractivity contribution < 1.29 is 17.9 Å². The molecule has 0 aliphatic heterocycles. The zero-order valence-electron chi connectivity index (χ0n) is 15.4. The molecule has 0 atom stereocenters. The summed E-state index contributed by atoms with van der Waals surface area (Å²) in [5.74, 6) is 0. The molecular weight excluding hydrogens is 424 g/mol. The predicted octanol–water partition coefficient (Wildman–Crippen LogP) is 2.52. The molecular formula is C16H23BrN4O4S. The molecule has 1 N–H and O–H groups in total. The van der Waals surface area contributed by atoms with Crippen molar-refractivity contribution >= 4 is 43.1 Å². The van der Waals surface area contributed by atoms with E-state index >= 15 is 0 Å². The maximum Gasteiger partial charge on any atom is 0.407 e. The average Bonchev–Trinajstić information content (AvgIpc) is 2.83. The van der Waals surface area contributed by atoms with Gasteiger partial charge in [0.1, 0.15) is 10.2 Å². The third-order valence-corrected chi connectivity index (χ3v) is 5.67. The van der Waals surface area contributed by atoms with Crippen LogP contribution in [0.25, 0.3) is 10.9 Å². The van der Waals surface area contributed by atoms with Crippen molar-refractivity contribution in [2.24, 2.45) is 0 Å². The van der Waals surface area contributed by atoms with Crippen molar-refractivity contribution in [3.63, 3.8) is 0 Å². The van der Waals surface area contributed by atoms with Crippen LogP contribution in [-0.2, 0) is 21.4 Å². The van der Waals surface area contributed by atoms with Gasteiger partial charge in [-0.2, -0.15) is 12.7 Å². The number of fused-ring (bicyclic) bond motifs is 1. The van der Waals surface area contributed by atoms with Gasteiger partial charge >= 0.3 is 16.3 Å². The molecule has 0 spiro atoms. The molecule has 0 radical (unpaired) electrons. The van der Waals surface area contributed by atoms with Crippen molar-refractivity contribution in [2.75, 3.05) is 20.6 Å². The van der Waals surface area contributed by atoms with Gasteiger partial charge in [0.25, 0.3) is 0 Å². The highest BCUT2D eigenvalue weighted by Crippen LogP contribution is 2.25. The summed E-state index contributed by atoms with van der Waals surface area (Å²) in [5, 5.41) is 3.34. The number of nitrogens with zero attached hydrogens (tertiary/aromatic N) is 3. The topological polar surface area (TPSA) is 93.5 Å². The Balaban J connectivity index is 2.31. The van der Waals surface area contributed by atoms with E-state index in [-0.39, 0.29) is 6.54 Å². The number of hydrogen-bond donors (Lipinski definition) is 1. The van der Waals surface area contributed by atoms with Gasteiger partial charge in [0.05, 0.1) is 5.52 Å². The Hall–Kier alpha value is -1.65. The fourth-order valence-corrected chi connectivity index (χ4v) is 3.82. The van der Waals surface area contributed by atoms with E-state index in [9.17, 15) is 13.2 Å². The molecule has 1 amide bonds. The van der Waals surface area contributed by atoms with Crippen LogP contribution >= 0.6 is 15.9 Å². The number of alkyl carbamates (subject to hydrolysis) is 1. The monoisotopic (exact) mass is 446 g/mol. The van der Waals surface area contributed by atoms with Crippen LogP contribution in [-0.4, -0.2) is 54.0 Å². The molecule has 144 valence electrons. The molecule has 8 nitrogen and oxygen atoms in total. The Morgan fingerprint density at radius 3 is 2.58 bits per heavy atom. The molecule has 0 aromatic carbocycles. The van der Waals surface area contributed by atoms with Crippen molar-refractivity contribution in [1.82, 2.24) is 18.6 Å². The van der Waals surface area contributed by atoms with Crippen LogP contribution in [0.4, 0.5) is 4.79 Å². The Morgan fingerprint density at radius 2 is 2.00 bits per heavy atom. The molecule has 0 fully saturated rings. The van der Waals surface area contributed by atoms with Gasteiger partial charge in [-0.05, 0) is 48.8 Å². The lowest BCUT2D eigenvalue weighted by atomic mass is 10.2. The fourth-order valence-electron chi connectivity index (χ4n) is 2.33. The molecule has 26 heavy (non-hydrogen) atoms. The standard InChI is InChI=1S/C16H23BrN4O4S/c1-16(2,3)25-15(22)18-7-6-12-8-11-10-19-14(17)9-13(11)21(12)26(23,24)20(4)5/h8-10H,6-7H2,1-5H3,(H,18,22). The third kappa shape index (κ3) is 4.74. The van der Waals surface area contributed by atoms with Gasteiger partial charge < -0.3 is 10.1 Å². The number of ether oxygens (including phenoxy) is 1. The molecule has 0 saturated carbocycles. The van der Waals surface area contributed by atoms with E-state index in [0.29, 0.717) is 27.6 Å². The fraction of sp³-hybridized carbons (Fsp3) is 0.500. The predicted molar refractivity (Wildman–Crippen MR) is 103 cm³/mol. The Bertz CT molecular complexity index is 916. The van der Waals surface area contributed by atoms with Gasteiger partial charge in [0.2, 0.25) is 0 Å². The van der Waals surface area contributed by atoms with Crippen LogP contribution < -0.4 is 5.32 Å². The molecule has 0 saturated heterocycles. The first-order chi connectivity index (χ1) is 11.9. The maximum atomic E-state index is 12.8. The third-order valence-electron chi connectivity index (χ3n) is 3.42. The van der Waals surface area contributed by atoms with E-state index in [1.54, 1.807) is 39.1 Å². The number of amides is 1. The largest absolute Gasteiger partial charge is 0.444 e. The highest BCUT2D eigenvalue weighted by Gasteiger charge is 2.23. The van der Waals surface area contributed by atoms with Gasteiger partial charge in [-0.1, -0.05) is 0 Å². The second-order valence-electron chi connectivity index (χ2n) is 6.93. The molecule has 0 unspecified atom stereocenters. The lowest BCUT2D eigenvalue weighted by Crippen LogP contribution is -2.34. The number of rotatable bonds is 5. The Kier molecular flexibility index (Phi) is 5.99. The minimum absolute atomic E-state index is 0.239. The molecule has 2 aromatic heterocycles. The molecule has 0 aliphatic carbocycles. The number of carbonyl (C=O) groups excluding carboxylic acids is 1. The van der Waals surface area contributed by atoms with Crippen molar-refractivity contribution in [3.8, 4) is 0 Å². The first-order valence-electron chi connectivity index (χ1n) is 7.97. The summed E-state index contributed by atoms with van der Waals surface area (Å²) in [4.78, 5) is 15.9. The van der Waals surface area contributed by atoms with E-state index in [2.05, 4.69) is 26.2 Å². The zero-order chi connectivity index (χ0) is 19.7. The van der Waals surface area contributed by atoms with Crippen LogP contribution in [0.2, 0.25) is 0 Å². The van der Waals surface area contributed by atoms with E-state index < -0.39 is 21.9 Å². The van der Waals surface area contributed by atoms with E-state index in [0.717, 1.165) is 4.31 Å². The van der Waals surface area contributed by atoms with Gasteiger partial charge in [-0.25, -0.2) is 13.8 Å². The van der Waals surface area contributed by atoms with E-state index in [1.165, 1.54) is 18.1 Å². The lowest BCUT2D eigenvalue weighted by molar-refractivity contribution is 0.0528. The first-order valence-corrected chi connectivity index (χ1v) is 10.2. The lowest BCUT2D eigenvalue weighted by Gasteiger charge is -2.20. The summed E-state index contributed by atoms with van der Waals surface area (Å²) in [6, 6.07) is 3.41. The molecule has 2 rings (SSSR count). The summed E-state index contributed by atoms with van der Waals surface area (Å²) in [6.45, 7) is 5.57. The van der Waals surface area contributed by atoms with Gasteiger partial charge in [-0.3, -0.25) is 0 Å². The zero-order valence-corrected chi connectivity index (χ0v) is 17.8. The van der Waals surface area contributed by atoms with Crippen molar-refractivity contribution in [1.29, 1.82) is 0 Å². The van der Waals surface area contributed by atoms with E-state index in [1.807, 2.05) is 0 Å². The average molecular weight is 447 g/mol. The van der Waals surface area contributed by atoms with Crippen molar-refractivity contribution in [3.05, 3.63) is 28.6 Å². The van der Waals surface area contributed by atoms with Crippen LogP contribution in [0.15, 0.2) is 22.9 Å². The maximum absolute atomic E-state index is 12.8. The van der Waals surface area contributed by atoms with Gasteiger partial charge in [-0.15, -0.1) is 0 Å². The first kappa shape index (κ1) is 20.7. The number of halogens is 1. The highest BCUT2D eigenvalue weighted by molar-refractivity contribution is 9.10. The number of pyridine rings is 1. The molecule has 2 aromatic rings. The summed E-state index contributed by atoms with van der Waals surface area (Å²) in [6.07, 6.45) is 1.38. The summed E-state index contributed by atoms with van der Waals surface area (Å²) in [7, 11) is -0.785. The number of nitrogens with one attached hydrogen (secondary N) is 1. The Labute approximate surface area is 161 Å². The van der Waals surface area contributed by atoms with Gasteiger partial charge in [0.15, 0.2) is 0 Å². The molecule has 2 heterocycles. The van der Waals surface area contributed by atoms with Crippen molar-refractivity contribution in [2.45, 2.75) is 32.8 Å².